The van der Waals surface area contributed by atoms with Gasteiger partial charge >= 0.3 is 0 Å². The predicted octanol–water partition coefficient (Wildman–Crippen LogP) is 2.32. The SMILES string of the molecule is C[C](C)N=[N+]([O-])C(C)(C)C. The first-order valence-corrected chi connectivity index (χ1v) is 3.33. The second-order valence-corrected chi connectivity index (χ2v) is 3.49. The molecule has 0 fully saturated rings. The Kier molecular flexibility index (Phi) is 2.81. The molecule has 0 saturated carbocycles. The van der Waals surface area contributed by atoms with Gasteiger partial charge in [-0.2, -0.15) is 0 Å². The Morgan fingerprint density at radius 3 is 1.80 bits per heavy atom. The molecule has 1 radical (unpaired) electrons. The Labute approximate surface area is 62.3 Å². The van der Waals surface area contributed by atoms with Crippen molar-refractivity contribution in [3.05, 3.63) is 11.2 Å². The molecule has 0 spiro atoms. The quantitative estimate of drug-likeness (QED) is 0.315. The van der Waals surface area contributed by atoms with Gasteiger partial charge in [-0.1, -0.05) is 4.86 Å². The topological polar surface area (TPSA) is 38.4 Å². The van der Waals surface area contributed by atoms with E-state index in [-0.39, 0.29) is 0 Å². The fourth-order valence-corrected chi connectivity index (χ4v) is 0.332. The van der Waals surface area contributed by atoms with Crippen LogP contribution < -0.4 is 0 Å². The lowest BCUT2D eigenvalue weighted by atomic mass is 10.1. The second kappa shape index (κ2) is 2.99. The average molecular weight is 143 g/mol. The van der Waals surface area contributed by atoms with Crippen LogP contribution in [0.4, 0.5) is 0 Å². The highest BCUT2D eigenvalue weighted by Crippen LogP contribution is 2.09. The third-order valence-electron chi connectivity index (χ3n) is 0.865. The molecule has 10 heavy (non-hydrogen) atoms. The molecule has 0 atom stereocenters. The molecule has 0 aromatic rings. The first kappa shape index (κ1) is 9.40. The van der Waals surface area contributed by atoms with Crippen LogP contribution in [-0.2, 0) is 0 Å². The Hall–Kier alpha value is -0.600. The van der Waals surface area contributed by atoms with E-state index < -0.39 is 5.54 Å². The van der Waals surface area contributed by atoms with Gasteiger partial charge in [0.05, 0.1) is 0 Å². The van der Waals surface area contributed by atoms with Gasteiger partial charge in [-0.05, 0) is 19.0 Å². The largest absolute Gasteiger partial charge is 0.600 e. The van der Waals surface area contributed by atoms with Gasteiger partial charge in [0.15, 0.2) is 5.54 Å². The molecule has 0 unspecified atom stereocenters. The van der Waals surface area contributed by atoms with Gasteiger partial charge in [0, 0.05) is 20.8 Å². The summed E-state index contributed by atoms with van der Waals surface area (Å²) in [6.45, 7) is 9.08. The van der Waals surface area contributed by atoms with Crippen LogP contribution in [0.3, 0.4) is 0 Å². The van der Waals surface area contributed by atoms with Gasteiger partial charge in [0.1, 0.15) is 6.04 Å². The van der Waals surface area contributed by atoms with E-state index in [1.807, 2.05) is 20.8 Å². The monoisotopic (exact) mass is 143 g/mol. The minimum Gasteiger partial charge on any atom is -0.600 e. The normalized spacial score (nSPS) is 14.4. The number of azo groups is 1. The lowest BCUT2D eigenvalue weighted by Gasteiger charge is -2.15. The van der Waals surface area contributed by atoms with Crippen LogP contribution in [0.5, 0.6) is 0 Å². The molecular formula is C7H15N2O. The zero-order valence-corrected chi connectivity index (χ0v) is 7.30. The molecule has 0 heterocycles. The van der Waals surface area contributed by atoms with Crippen molar-refractivity contribution in [1.82, 2.24) is 0 Å². The molecule has 0 aliphatic carbocycles. The summed E-state index contributed by atoms with van der Waals surface area (Å²) in [5.41, 5.74) is -0.419. The maximum Gasteiger partial charge on any atom is 0.190 e. The standard InChI is InChI=1S/C7H15N2O/c1-6(2)8-9(10)7(3,4)5/h1-5H3. The predicted molar refractivity (Wildman–Crippen MR) is 40.4 cm³/mol. The fraction of sp³-hybridized carbons (Fsp3) is 0.857. The third-order valence-corrected chi connectivity index (χ3v) is 0.865. The lowest BCUT2D eigenvalue weighted by Crippen LogP contribution is -2.27. The molecule has 0 aliphatic rings. The first-order valence-electron chi connectivity index (χ1n) is 3.33. The number of hydrogen-bond donors (Lipinski definition) is 0. The van der Waals surface area contributed by atoms with E-state index >= 15 is 0 Å². The van der Waals surface area contributed by atoms with Crippen LogP contribution >= 0.6 is 0 Å². The Balaban J connectivity index is 4.20. The molecule has 0 aliphatic heterocycles. The molecule has 0 rings (SSSR count). The lowest BCUT2D eigenvalue weighted by molar-refractivity contribution is -0.598. The molecule has 59 valence electrons. The summed E-state index contributed by atoms with van der Waals surface area (Å²) in [6.07, 6.45) is 0. The van der Waals surface area contributed by atoms with Crippen molar-refractivity contribution in [3.63, 3.8) is 0 Å². The Morgan fingerprint density at radius 2 is 1.70 bits per heavy atom. The molecule has 0 N–H and O–H groups in total. The van der Waals surface area contributed by atoms with Crippen molar-refractivity contribution >= 4 is 0 Å². The molecule has 3 nitrogen and oxygen atoms in total. The van der Waals surface area contributed by atoms with E-state index in [0.717, 1.165) is 10.9 Å². The fourth-order valence-electron chi connectivity index (χ4n) is 0.332. The molecule has 0 amide bonds. The second-order valence-electron chi connectivity index (χ2n) is 3.49. The summed E-state index contributed by atoms with van der Waals surface area (Å²) >= 11 is 0. The van der Waals surface area contributed by atoms with Crippen LogP contribution in [0.2, 0.25) is 0 Å². The maximum absolute atomic E-state index is 11.0. The van der Waals surface area contributed by atoms with Gasteiger partial charge in [0.25, 0.3) is 0 Å². The minimum absolute atomic E-state index is 0.419. The molecule has 3 heteroatoms. The number of hydroxylamine groups is 1. The Morgan fingerprint density at radius 1 is 1.30 bits per heavy atom. The van der Waals surface area contributed by atoms with Crippen molar-refractivity contribution < 1.29 is 4.86 Å². The van der Waals surface area contributed by atoms with Gasteiger partial charge in [-0.25, -0.2) is 0 Å². The van der Waals surface area contributed by atoms with Crippen LogP contribution in [0.15, 0.2) is 5.11 Å². The van der Waals surface area contributed by atoms with Gasteiger partial charge in [-0.3, -0.25) is 0 Å². The average Bonchev–Trinajstić information content (AvgIpc) is 1.60. The molecular weight excluding hydrogens is 128 g/mol. The summed E-state index contributed by atoms with van der Waals surface area (Å²) in [5, 5.41) is 14.7. The molecule has 0 bridgehead atoms. The van der Waals surface area contributed by atoms with Crippen molar-refractivity contribution in [2.45, 2.75) is 40.2 Å². The zero-order valence-electron chi connectivity index (χ0n) is 7.30. The summed E-state index contributed by atoms with van der Waals surface area (Å²) in [7, 11) is 0. The highest BCUT2D eigenvalue weighted by Gasteiger charge is 2.20. The smallest absolute Gasteiger partial charge is 0.190 e. The van der Waals surface area contributed by atoms with Crippen molar-refractivity contribution in [2.24, 2.45) is 5.11 Å². The molecule has 0 saturated heterocycles. The van der Waals surface area contributed by atoms with E-state index in [9.17, 15) is 5.21 Å². The van der Waals surface area contributed by atoms with Crippen LogP contribution in [-0.4, -0.2) is 10.4 Å². The van der Waals surface area contributed by atoms with E-state index in [1.165, 1.54) is 0 Å². The van der Waals surface area contributed by atoms with Crippen LogP contribution in [0.1, 0.15) is 34.6 Å². The number of rotatable bonds is 1. The summed E-state index contributed by atoms with van der Waals surface area (Å²) < 4.78 is 0. The van der Waals surface area contributed by atoms with Crippen molar-refractivity contribution in [1.29, 1.82) is 0 Å². The van der Waals surface area contributed by atoms with E-state index in [1.54, 1.807) is 13.8 Å². The van der Waals surface area contributed by atoms with Gasteiger partial charge in [0.2, 0.25) is 0 Å². The van der Waals surface area contributed by atoms with Gasteiger partial charge < -0.3 is 5.21 Å². The molecule has 0 aromatic heterocycles. The summed E-state index contributed by atoms with van der Waals surface area (Å²) in [4.78, 5) is 0.725. The van der Waals surface area contributed by atoms with E-state index in [0.29, 0.717) is 0 Å². The summed E-state index contributed by atoms with van der Waals surface area (Å²) in [6, 6.07) is 0.782. The summed E-state index contributed by atoms with van der Waals surface area (Å²) in [5.74, 6) is 0. The Bertz CT molecular complexity index is 133. The van der Waals surface area contributed by atoms with Crippen LogP contribution in [0, 0.1) is 11.2 Å². The highest BCUT2D eigenvalue weighted by atomic mass is 16.5. The van der Waals surface area contributed by atoms with Crippen molar-refractivity contribution in [2.75, 3.05) is 0 Å². The highest BCUT2D eigenvalue weighted by molar-refractivity contribution is 4.68. The van der Waals surface area contributed by atoms with E-state index in [2.05, 4.69) is 5.11 Å². The maximum atomic E-state index is 11.0. The first-order chi connectivity index (χ1) is 4.34. The van der Waals surface area contributed by atoms with Crippen LogP contribution in [0.25, 0.3) is 0 Å². The minimum atomic E-state index is -0.419. The number of hydrogen-bond acceptors (Lipinski definition) is 2. The third kappa shape index (κ3) is 3.43. The van der Waals surface area contributed by atoms with Crippen molar-refractivity contribution in [3.8, 4) is 0 Å². The van der Waals surface area contributed by atoms with Gasteiger partial charge in [-0.15, -0.1) is 0 Å². The number of nitrogens with zero attached hydrogens (tertiary/aromatic N) is 2. The van der Waals surface area contributed by atoms with E-state index in [4.69, 9.17) is 0 Å². The molecule has 0 aromatic carbocycles. The zero-order chi connectivity index (χ0) is 8.36.